The number of esters is 1. The topological polar surface area (TPSA) is 26.3 Å². The van der Waals surface area contributed by atoms with Crippen molar-refractivity contribution in [3.8, 4) is 0 Å². The van der Waals surface area contributed by atoms with Crippen LogP contribution in [0.15, 0.2) is 11.8 Å². The molecule has 0 saturated heterocycles. The molecule has 0 amide bonds. The summed E-state index contributed by atoms with van der Waals surface area (Å²) in [5, 5.41) is 0.961. The monoisotopic (exact) mass is 272 g/mol. The first kappa shape index (κ1) is 11.2. The van der Waals surface area contributed by atoms with Gasteiger partial charge in [0.2, 0.25) is 0 Å². The van der Waals surface area contributed by atoms with Crippen molar-refractivity contribution in [1.82, 2.24) is 0 Å². The summed E-state index contributed by atoms with van der Waals surface area (Å²) < 4.78 is 5.35. The van der Waals surface area contributed by atoms with Gasteiger partial charge in [-0.05, 0) is 30.3 Å². The number of ether oxygens (including phenoxy) is 1. The molecule has 2 aliphatic carbocycles. The van der Waals surface area contributed by atoms with Crippen LogP contribution in [-0.4, -0.2) is 11.3 Å². The molecule has 0 unspecified atom stereocenters. The Kier molecular flexibility index (Phi) is 2.49. The van der Waals surface area contributed by atoms with E-state index in [4.69, 9.17) is 4.74 Å². The third-order valence-electron chi connectivity index (χ3n) is 4.46. The molecular weight excluding hydrogens is 256 g/mol. The van der Waals surface area contributed by atoms with Crippen molar-refractivity contribution in [3.05, 3.63) is 11.8 Å². The highest BCUT2D eigenvalue weighted by atomic mass is 79.9. The number of fused-ring (bicyclic) bond motifs is 2. The highest BCUT2D eigenvalue weighted by molar-refractivity contribution is 9.09. The molecule has 2 rings (SSSR count). The number of hydrogen-bond acceptors (Lipinski definition) is 2. The number of halogens is 1. The van der Waals surface area contributed by atoms with Crippen LogP contribution in [-0.2, 0) is 9.53 Å². The van der Waals surface area contributed by atoms with Gasteiger partial charge >= 0.3 is 5.97 Å². The van der Waals surface area contributed by atoms with Crippen LogP contribution in [0.3, 0.4) is 0 Å². The molecule has 2 bridgehead atoms. The predicted octanol–water partition coefficient (Wildman–Crippen LogP) is 3.26. The van der Waals surface area contributed by atoms with E-state index < -0.39 is 0 Å². The third kappa shape index (κ3) is 1.32. The number of alkyl halides is 1. The molecule has 0 aromatic heterocycles. The fourth-order valence-corrected chi connectivity index (χ4v) is 4.08. The summed E-state index contributed by atoms with van der Waals surface area (Å²) in [6, 6.07) is 0. The first-order chi connectivity index (χ1) is 6.94. The van der Waals surface area contributed by atoms with Crippen LogP contribution >= 0.6 is 15.9 Å². The molecule has 0 spiro atoms. The summed E-state index contributed by atoms with van der Waals surface area (Å²) in [5.74, 6) is 1.25. The first-order valence-corrected chi connectivity index (χ1v) is 6.53. The Morgan fingerprint density at radius 1 is 1.67 bits per heavy atom. The van der Waals surface area contributed by atoms with Crippen LogP contribution in [0.5, 0.6) is 0 Å². The average Bonchev–Trinajstić information content (AvgIpc) is 2.52. The van der Waals surface area contributed by atoms with E-state index in [1.54, 1.807) is 0 Å². The van der Waals surface area contributed by atoms with Crippen molar-refractivity contribution in [3.63, 3.8) is 0 Å². The molecule has 0 aromatic rings. The largest absolute Gasteiger partial charge is 0.431 e. The number of carbonyl (C=O) groups excluding carboxylic acids is 1. The zero-order chi connectivity index (χ0) is 11.3. The van der Waals surface area contributed by atoms with E-state index >= 15 is 0 Å². The third-order valence-corrected chi connectivity index (χ3v) is 5.63. The van der Waals surface area contributed by atoms with Gasteiger partial charge in [0, 0.05) is 17.7 Å². The van der Waals surface area contributed by atoms with Gasteiger partial charge in [-0.25, -0.2) is 0 Å². The molecule has 0 N–H and O–H groups in total. The van der Waals surface area contributed by atoms with Gasteiger partial charge in [-0.2, -0.15) is 0 Å². The lowest BCUT2D eigenvalue weighted by molar-refractivity contribution is -0.139. The van der Waals surface area contributed by atoms with Gasteiger partial charge in [-0.15, -0.1) is 0 Å². The molecular formula is C12H17BrO2. The number of carbonyl (C=O) groups is 1. The van der Waals surface area contributed by atoms with Gasteiger partial charge in [0.05, 0.1) is 0 Å². The maximum Gasteiger partial charge on any atom is 0.307 e. The first-order valence-electron chi connectivity index (χ1n) is 5.41. The van der Waals surface area contributed by atoms with E-state index in [0.29, 0.717) is 5.92 Å². The zero-order valence-electron chi connectivity index (χ0n) is 9.47. The fraction of sp³-hybridized carbons (Fsp3) is 0.750. The molecule has 84 valence electrons. The normalized spacial score (nSPS) is 42.9. The molecule has 3 atom stereocenters. The van der Waals surface area contributed by atoms with Crippen molar-refractivity contribution in [1.29, 1.82) is 0 Å². The molecule has 0 aromatic carbocycles. The van der Waals surface area contributed by atoms with Crippen LogP contribution < -0.4 is 0 Å². The van der Waals surface area contributed by atoms with Gasteiger partial charge in [0.15, 0.2) is 0 Å². The Balaban J connectivity index is 2.33. The van der Waals surface area contributed by atoms with Gasteiger partial charge in [-0.1, -0.05) is 29.8 Å². The molecule has 0 radical (unpaired) electrons. The summed E-state index contributed by atoms with van der Waals surface area (Å²) in [6.45, 7) is 5.98. The van der Waals surface area contributed by atoms with Gasteiger partial charge < -0.3 is 4.74 Å². The van der Waals surface area contributed by atoms with E-state index in [-0.39, 0.29) is 16.8 Å². The molecule has 2 nitrogen and oxygen atoms in total. The van der Waals surface area contributed by atoms with Gasteiger partial charge in [0.1, 0.15) is 5.76 Å². The summed E-state index contributed by atoms with van der Waals surface area (Å²) in [6.07, 6.45) is 4.49. The second kappa shape index (κ2) is 3.34. The Morgan fingerprint density at radius 2 is 2.33 bits per heavy atom. The van der Waals surface area contributed by atoms with Crippen molar-refractivity contribution in [2.24, 2.45) is 16.7 Å². The Labute approximate surface area is 99.2 Å². The van der Waals surface area contributed by atoms with Crippen LogP contribution in [0.1, 0.15) is 33.6 Å². The molecule has 2 aliphatic rings. The van der Waals surface area contributed by atoms with E-state index in [9.17, 15) is 4.79 Å². The van der Waals surface area contributed by atoms with Gasteiger partial charge in [-0.3, -0.25) is 4.79 Å². The highest BCUT2D eigenvalue weighted by Crippen LogP contribution is 2.65. The minimum atomic E-state index is -0.202. The molecule has 0 heterocycles. The minimum absolute atomic E-state index is 0.0346. The summed E-state index contributed by atoms with van der Waals surface area (Å²) >= 11 is 3.61. The molecule has 1 fully saturated rings. The zero-order valence-corrected chi connectivity index (χ0v) is 11.1. The van der Waals surface area contributed by atoms with E-state index in [0.717, 1.165) is 17.5 Å². The maximum absolute atomic E-state index is 11.0. The Morgan fingerprint density at radius 3 is 2.80 bits per heavy atom. The lowest BCUT2D eigenvalue weighted by atomic mass is 9.70. The number of allylic oxidation sites excluding steroid dienone is 2. The van der Waals surface area contributed by atoms with Crippen LogP contribution in [0, 0.1) is 16.7 Å². The smallest absolute Gasteiger partial charge is 0.307 e. The Bertz CT molecular complexity index is 337. The number of rotatable bonds is 2. The van der Waals surface area contributed by atoms with E-state index in [2.05, 4.69) is 35.9 Å². The second-order valence-electron chi connectivity index (χ2n) is 5.15. The van der Waals surface area contributed by atoms with E-state index in [1.165, 1.54) is 13.3 Å². The van der Waals surface area contributed by atoms with Crippen LogP contribution in [0.25, 0.3) is 0 Å². The fourth-order valence-electron chi connectivity index (χ4n) is 3.04. The van der Waals surface area contributed by atoms with Crippen LogP contribution in [0.2, 0.25) is 0 Å². The summed E-state index contributed by atoms with van der Waals surface area (Å²) in [5.41, 5.74) is 0.241. The molecule has 1 saturated carbocycles. The maximum atomic E-state index is 11.0. The van der Waals surface area contributed by atoms with Crippen molar-refractivity contribution in [2.75, 3.05) is 5.33 Å². The van der Waals surface area contributed by atoms with Crippen LogP contribution in [0.4, 0.5) is 0 Å². The average molecular weight is 273 g/mol. The van der Waals surface area contributed by atoms with Crippen molar-refractivity contribution >= 4 is 21.9 Å². The molecule has 0 aliphatic heterocycles. The summed E-state index contributed by atoms with van der Waals surface area (Å²) in [7, 11) is 0. The minimum Gasteiger partial charge on any atom is -0.431 e. The standard InChI is InChI=1S/C12H17BrO2/c1-8(14)15-10-6-9-4-5-11(10,2)12(9,3)7-13/h6,9H,4-5,7H2,1-3H3/t9-,11+,12-/m1/s1. The van der Waals surface area contributed by atoms with Gasteiger partial charge in [0.25, 0.3) is 0 Å². The predicted molar refractivity (Wildman–Crippen MR) is 62.6 cm³/mol. The lowest BCUT2D eigenvalue weighted by Crippen LogP contribution is -2.35. The highest BCUT2D eigenvalue weighted by Gasteiger charge is 2.60. The quantitative estimate of drug-likeness (QED) is 0.570. The molecule has 15 heavy (non-hydrogen) atoms. The van der Waals surface area contributed by atoms with E-state index in [1.807, 2.05) is 0 Å². The summed E-state index contributed by atoms with van der Waals surface area (Å²) in [4.78, 5) is 11.0. The van der Waals surface area contributed by atoms with Crippen molar-refractivity contribution < 1.29 is 9.53 Å². The second-order valence-corrected chi connectivity index (χ2v) is 5.71. The Hall–Kier alpha value is -0.310. The molecule has 3 heteroatoms. The van der Waals surface area contributed by atoms with Crippen molar-refractivity contribution in [2.45, 2.75) is 33.6 Å². The SMILES string of the molecule is CC(=O)OC1=C[C@H]2CC[C@]1(C)[C@]2(C)CBr. The number of hydrogen-bond donors (Lipinski definition) is 0. The lowest BCUT2D eigenvalue weighted by Gasteiger charge is -2.38.